The van der Waals surface area contributed by atoms with Gasteiger partial charge in [-0.2, -0.15) is 0 Å². The fraction of sp³-hybridized carbons (Fsp3) is 0.357. The van der Waals surface area contributed by atoms with Gasteiger partial charge in [-0.3, -0.25) is 4.98 Å². The summed E-state index contributed by atoms with van der Waals surface area (Å²) >= 11 is 1.51. The van der Waals surface area contributed by atoms with Gasteiger partial charge in [0.25, 0.3) is 0 Å². The topological polar surface area (TPSA) is 48.1 Å². The molecule has 2 heterocycles. The SMILES string of the molecule is CC1OCCC1Sc1c(F)cc(N)c2cccnc12. The predicted octanol–water partition coefficient (Wildman–Crippen LogP) is 3.23. The number of thioether (sulfide) groups is 1. The van der Waals surface area contributed by atoms with Crippen LogP contribution < -0.4 is 5.73 Å². The average molecular weight is 278 g/mol. The van der Waals surface area contributed by atoms with Gasteiger partial charge in [-0.15, -0.1) is 11.8 Å². The number of benzene rings is 1. The van der Waals surface area contributed by atoms with Gasteiger partial charge >= 0.3 is 0 Å². The van der Waals surface area contributed by atoms with Crippen LogP contribution in [0.2, 0.25) is 0 Å². The van der Waals surface area contributed by atoms with Crippen molar-refractivity contribution in [3.05, 3.63) is 30.2 Å². The predicted molar refractivity (Wildman–Crippen MR) is 75.8 cm³/mol. The molecule has 1 aromatic heterocycles. The summed E-state index contributed by atoms with van der Waals surface area (Å²) in [5.41, 5.74) is 6.92. The Hall–Kier alpha value is -1.33. The maximum atomic E-state index is 14.2. The molecule has 2 unspecified atom stereocenters. The summed E-state index contributed by atoms with van der Waals surface area (Å²) in [5.74, 6) is -0.298. The molecule has 1 aromatic carbocycles. The fourth-order valence-corrected chi connectivity index (χ4v) is 3.58. The quantitative estimate of drug-likeness (QED) is 0.857. The van der Waals surface area contributed by atoms with Crippen molar-refractivity contribution in [3.8, 4) is 0 Å². The Morgan fingerprint density at radius 1 is 1.53 bits per heavy atom. The van der Waals surface area contributed by atoms with Gasteiger partial charge in [0.15, 0.2) is 0 Å². The number of pyridine rings is 1. The van der Waals surface area contributed by atoms with Gasteiger partial charge in [-0.05, 0) is 31.5 Å². The second-order valence-electron chi connectivity index (χ2n) is 4.70. The number of fused-ring (bicyclic) bond motifs is 1. The van der Waals surface area contributed by atoms with Crippen LogP contribution in [0, 0.1) is 5.82 Å². The van der Waals surface area contributed by atoms with Crippen molar-refractivity contribution in [1.29, 1.82) is 0 Å². The standard InChI is InChI=1S/C14H15FN2OS/c1-8-12(4-6-18-8)19-14-10(15)7-11(16)9-3-2-5-17-13(9)14/h2-3,5,7-8,12H,4,6,16H2,1H3. The number of nitrogen functional groups attached to an aromatic ring is 1. The molecule has 2 atom stereocenters. The van der Waals surface area contributed by atoms with Gasteiger partial charge in [0.1, 0.15) is 5.82 Å². The largest absolute Gasteiger partial charge is 0.398 e. The third-order valence-corrected chi connectivity index (χ3v) is 4.95. The summed E-state index contributed by atoms with van der Waals surface area (Å²) in [6.07, 6.45) is 2.74. The van der Waals surface area contributed by atoms with Crippen LogP contribution >= 0.6 is 11.8 Å². The van der Waals surface area contributed by atoms with E-state index in [2.05, 4.69) is 4.98 Å². The lowest BCUT2D eigenvalue weighted by Gasteiger charge is -2.15. The third kappa shape index (κ3) is 2.28. The van der Waals surface area contributed by atoms with Crippen LogP contribution in [-0.4, -0.2) is 22.9 Å². The van der Waals surface area contributed by atoms with Gasteiger partial charge < -0.3 is 10.5 Å². The zero-order valence-electron chi connectivity index (χ0n) is 10.6. The Labute approximate surface area is 115 Å². The molecular weight excluding hydrogens is 263 g/mol. The van der Waals surface area contributed by atoms with E-state index < -0.39 is 0 Å². The van der Waals surface area contributed by atoms with E-state index in [4.69, 9.17) is 10.5 Å². The highest BCUT2D eigenvalue weighted by atomic mass is 32.2. The summed E-state index contributed by atoms with van der Waals surface area (Å²) in [6, 6.07) is 5.06. The fourth-order valence-electron chi connectivity index (χ4n) is 2.34. The minimum Gasteiger partial charge on any atom is -0.398 e. The van der Waals surface area contributed by atoms with Crippen molar-refractivity contribution in [3.63, 3.8) is 0 Å². The van der Waals surface area contributed by atoms with Crippen LogP contribution in [0.4, 0.5) is 10.1 Å². The van der Waals surface area contributed by atoms with Gasteiger partial charge in [-0.25, -0.2) is 4.39 Å². The number of rotatable bonds is 2. The van der Waals surface area contributed by atoms with Crippen LogP contribution in [0.25, 0.3) is 10.9 Å². The zero-order valence-corrected chi connectivity index (χ0v) is 11.4. The molecule has 0 amide bonds. The number of halogens is 1. The molecule has 1 aliphatic heterocycles. The number of nitrogens with two attached hydrogens (primary N) is 1. The zero-order chi connectivity index (χ0) is 13.4. The van der Waals surface area contributed by atoms with Crippen molar-refractivity contribution in [2.75, 3.05) is 12.3 Å². The normalized spacial score (nSPS) is 23.1. The summed E-state index contributed by atoms with van der Waals surface area (Å²) < 4.78 is 19.7. The molecule has 3 nitrogen and oxygen atoms in total. The summed E-state index contributed by atoms with van der Waals surface area (Å²) in [7, 11) is 0. The van der Waals surface area contributed by atoms with Gasteiger partial charge in [0, 0.05) is 29.1 Å². The van der Waals surface area contributed by atoms with Gasteiger partial charge in [0.2, 0.25) is 0 Å². The van der Waals surface area contributed by atoms with Gasteiger partial charge in [-0.1, -0.05) is 0 Å². The molecule has 0 aliphatic carbocycles. The molecule has 0 saturated carbocycles. The molecule has 100 valence electrons. The highest BCUT2D eigenvalue weighted by molar-refractivity contribution is 8.00. The smallest absolute Gasteiger partial charge is 0.141 e. The number of aromatic nitrogens is 1. The number of ether oxygens (including phenoxy) is 1. The van der Waals surface area contributed by atoms with E-state index >= 15 is 0 Å². The number of hydrogen-bond acceptors (Lipinski definition) is 4. The van der Waals surface area contributed by atoms with Crippen molar-refractivity contribution < 1.29 is 9.13 Å². The Kier molecular flexibility index (Phi) is 3.33. The highest BCUT2D eigenvalue weighted by Gasteiger charge is 2.27. The Bertz CT molecular complexity index is 620. The summed E-state index contributed by atoms with van der Waals surface area (Å²) in [5, 5.41) is 1.07. The molecule has 3 rings (SSSR count). The lowest BCUT2D eigenvalue weighted by molar-refractivity contribution is 0.127. The second kappa shape index (κ2) is 4.98. The van der Waals surface area contributed by atoms with Crippen molar-refractivity contribution >= 4 is 28.4 Å². The molecule has 2 N–H and O–H groups in total. The van der Waals surface area contributed by atoms with E-state index in [0.717, 1.165) is 18.4 Å². The minimum atomic E-state index is -0.298. The van der Waals surface area contributed by atoms with Crippen LogP contribution in [0.5, 0.6) is 0 Å². The van der Waals surface area contributed by atoms with Crippen LogP contribution in [0.3, 0.4) is 0 Å². The minimum absolute atomic E-state index is 0.140. The Morgan fingerprint density at radius 2 is 2.37 bits per heavy atom. The average Bonchev–Trinajstić information content (AvgIpc) is 2.80. The van der Waals surface area contributed by atoms with Crippen LogP contribution in [0.15, 0.2) is 29.3 Å². The first-order valence-corrected chi connectivity index (χ1v) is 7.15. The van der Waals surface area contributed by atoms with E-state index in [-0.39, 0.29) is 17.2 Å². The van der Waals surface area contributed by atoms with Crippen molar-refractivity contribution in [2.45, 2.75) is 29.6 Å². The van der Waals surface area contributed by atoms with E-state index in [1.165, 1.54) is 17.8 Å². The van der Waals surface area contributed by atoms with Gasteiger partial charge in [0.05, 0.1) is 16.5 Å². The van der Waals surface area contributed by atoms with E-state index in [0.29, 0.717) is 16.1 Å². The highest BCUT2D eigenvalue weighted by Crippen LogP contribution is 2.38. The number of nitrogens with zero attached hydrogens (tertiary/aromatic N) is 1. The number of hydrogen-bond donors (Lipinski definition) is 1. The van der Waals surface area contributed by atoms with E-state index in [9.17, 15) is 4.39 Å². The van der Waals surface area contributed by atoms with E-state index in [1.807, 2.05) is 19.1 Å². The second-order valence-corrected chi connectivity index (χ2v) is 5.95. The summed E-state index contributed by atoms with van der Waals surface area (Å²) in [4.78, 5) is 4.86. The number of anilines is 1. The maximum absolute atomic E-state index is 14.2. The first-order valence-electron chi connectivity index (χ1n) is 6.28. The summed E-state index contributed by atoms with van der Waals surface area (Å²) in [6.45, 7) is 2.76. The lowest BCUT2D eigenvalue weighted by atomic mass is 10.2. The first-order chi connectivity index (χ1) is 9.16. The van der Waals surface area contributed by atoms with Crippen LogP contribution in [-0.2, 0) is 4.74 Å². The molecule has 19 heavy (non-hydrogen) atoms. The molecule has 1 aliphatic rings. The van der Waals surface area contributed by atoms with Crippen molar-refractivity contribution in [1.82, 2.24) is 4.98 Å². The lowest BCUT2D eigenvalue weighted by Crippen LogP contribution is -2.13. The molecule has 0 radical (unpaired) electrons. The third-order valence-electron chi connectivity index (χ3n) is 3.41. The Balaban J connectivity index is 2.07. The van der Waals surface area contributed by atoms with Crippen molar-refractivity contribution in [2.24, 2.45) is 0 Å². The maximum Gasteiger partial charge on any atom is 0.141 e. The van der Waals surface area contributed by atoms with E-state index in [1.54, 1.807) is 6.20 Å². The molecule has 1 fully saturated rings. The monoisotopic (exact) mass is 278 g/mol. The molecule has 1 saturated heterocycles. The molecular formula is C14H15FN2OS. The molecule has 5 heteroatoms. The van der Waals surface area contributed by atoms with Crippen LogP contribution in [0.1, 0.15) is 13.3 Å². The Morgan fingerprint density at radius 3 is 3.11 bits per heavy atom. The molecule has 0 bridgehead atoms. The molecule has 0 spiro atoms. The molecule has 2 aromatic rings. The first kappa shape index (κ1) is 12.7.